The first-order chi connectivity index (χ1) is 15.1. The first-order valence-corrected chi connectivity index (χ1v) is 10.9. The van der Waals surface area contributed by atoms with Crippen LogP contribution in [0.2, 0.25) is 0 Å². The Morgan fingerprint density at radius 1 is 1.16 bits per heavy atom. The lowest BCUT2D eigenvalue weighted by Gasteiger charge is -2.43. The molecular weight excluding hydrogens is 416 g/mol. The van der Waals surface area contributed by atoms with Crippen molar-refractivity contribution in [2.24, 2.45) is 0 Å². The average Bonchev–Trinajstić information content (AvgIpc) is 3.23. The van der Waals surface area contributed by atoms with Crippen LogP contribution in [0.25, 0.3) is 0 Å². The molecule has 0 radical (unpaired) electrons. The fraction of sp³-hybridized carbons (Fsp3) is 0.625. The van der Waals surface area contributed by atoms with Gasteiger partial charge in [0.25, 0.3) is 0 Å². The molecule has 0 bridgehead atoms. The van der Waals surface area contributed by atoms with Crippen molar-refractivity contribution in [3.05, 3.63) is 48.6 Å². The number of esters is 1. The average molecular weight is 449 g/mol. The molecule has 0 aliphatic carbocycles. The molecule has 0 N–H and O–H groups in total. The van der Waals surface area contributed by atoms with Crippen molar-refractivity contribution in [3.63, 3.8) is 0 Å². The van der Waals surface area contributed by atoms with Crippen molar-refractivity contribution in [1.82, 2.24) is 0 Å². The summed E-state index contributed by atoms with van der Waals surface area (Å²) in [5.74, 6) is -3.57. The van der Waals surface area contributed by atoms with E-state index in [1.165, 1.54) is 0 Å². The van der Waals surface area contributed by atoms with Crippen molar-refractivity contribution in [2.75, 3.05) is 13.2 Å². The Morgan fingerprint density at radius 2 is 1.91 bits per heavy atom. The molecule has 3 aliphatic rings. The second kappa shape index (κ2) is 8.85. The predicted octanol–water partition coefficient (Wildman–Crippen LogP) is 3.09. The van der Waals surface area contributed by atoms with Crippen molar-refractivity contribution in [1.29, 1.82) is 0 Å². The number of carbonyl (C=O) groups excluding carboxylic acids is 1. The number of hydrogen-bond acceptors (Lipinski definition) is 8. The zero-order valence-electron chi connectivity index (χ0n) is 19.1. The molecule has 3 fully saturated rings. The van der Waals surface area contributed by atoms with E-state index in [4.69, 9.17) is 33.2 Å². The van der Waals surface area contributed by atoms with E-state index in [1.54, 1.807) is 19.9 Å². The molecule has 8 nitrogen and oxygen atoms in total. The van der Waals surface area contributed by atoms with E-state index in [-0.39, 0.29) is 19.8 Å². The second-order valence-electron chi connectivity index (χ2n) is 9.22. The fourth-order valence-corrected chi connectivity index (χ4v) is 4.28. The van der Waals surface area contributed by atoms with Crippen LogP contribution in [0.5, 0.6) is 0 Å². The van der Waals surface area contributed by atoms with Crippen LogP contribution in [0.3, 0.4) is 0 Å². The van der Waals surface area contributed by atoms with E-state index in [1.807, 2.05) is 44.2 Å². The van der Waals surface area contributed by atoms with Gasteiger partial charge in [0.2, 0.25) is 5.79 Å². The number of benzene rings is 1. The van der Waals surface area contributed by atoms with Gasteiger partial charge < -0.3 is 33.2 Å². The minimum Gasteiger partial charge on any atom is -0.452 e. The molecule has 4 rings (SSSR count). The summed E-state index contributed by atoms with van der Waals surface area (Å²) >= 11 is 0. The van der Waals surface area contributed by atoms with E-state index in [9.17, 15) is 4.79 Å². The zero-order chi connectivity index (χ0) is 23.0. The summed E-state index contributed by atoms with van der Waals surface area (Å²) < 4.78 is 41.9. The summed E-state index contributed by atoms with van der Waals surface area (Å²) in [5, 5.41) is 0. The summed E-state index contributed by atoms with van der Waals surface area (Å²) in [5.41, 5.74) is 0.954. The molecule has 0 unspecified atom stereocenters. The second-order valence-corrected chi connectivity index (χ2v) is 9.22. The molecule has 1 spiro atoms. The molecule has 32 heavy (non-hydrogen) atoms. The molecule has 3 heterocycles. The van der Waals surface area contributed by atoms with Crippen LogP contribution >= 0.6 is 0 Å². The topological polar surface area (TPSA) is 81.7 Å². The maximum absolute atomic E-state index is 13.2. The van der Waals surface area contributed by atoms with E-state index in [0.717, 1.165) is 5.56 Å². The van der Waals surface area contributed by atoms with E-state index < -0.39 is 47.7 Å². The molecule has 1 aromatic carbocycles. The van der Waals surface area contributed by atoms with Crippen LogP contribution in [0, 0.1) is 0 Å². The Balaban J connectivity index is 1.53. The molecule has 176 valence electrons. The predicted molar refractivity (Wildman–Crippen MR) is 113 cm³/mol. The van der Waals surface area contributed by atoms with Gasteiger partial charge in [0, 0.05) is 6.42 Å². The highest BCUT2D eigenvalue weighted by molar-refractivity contribution is 5.75. The lowest BCUT2D eigenvalue weighted by Crippen LogP contribution is -2.63. The van der Waals surface area contributed by atoms with E-state index in [0.29, 0.717) is 6.42 Å². The Bertz CT molecular complexity index is 821. The van der Waals surface area contributed by atoms with Gasteiger partial charge in [0.15, 0.2) is 23.8 Å². The minimum atomic E-state index is -1.29. The minimum absolute atomic E-state index is 0.0992. The molecule has 5 atom stereocenters. The van der Waals surface area contributed by atoms with Crippen molar-refractivity contribution < 1.29 is 38.0 Å². The number of fused-ring (bicyclic) bond motifs is 1. The van der Waals surface area contributed by atoms with Gasteiger partial charge in [-0.1, -0.05) is 36.4 Å². The lowest BCUT2D eigenvalue weighted by atomic mass is 9.97. The number of ether oxygens (including phenoxy) is 7. The van der Waals surface area contributed by atoms with Gasteiger partial charge in [-0.05, 0) is 33.3 Å². The highest BCUT2D eigenvalue weighted by Gasteiger charge is 2.64. The summed E-state index contributed by atoms with van der Waals surface area (Å²) in [4.78, 5) is 13.2. The Kier molecular flexibility index (Phi) is 6.46. The van der Waals surface area contributed by atoms with E-state index in [2.05, 4.69) is 6.58 Å². The molecule has 0 aromatic heterocycles. The monoisotopic (exact) mass is 448 g/mol. The molecule has 0 saturated carbocycles. The normalized spacial score (nSPS) is 33.6. The highest BCUT2D eigenvalue weighted by Crippen LogP contribution is 2.45. The Morgan fingerprint density at radius 3 is 2.56 bits per heavy atom. The smallest absolute Gasteiger partial charge is 0.336 e. The Labute approximate surface area is 188 Å². The summed E-state index contributed by atoms with van der Waals surface area (Å²) in [6, 6.07) is 9.63. The number of carbonyl (C=O) groups is 1. The third-order valence-electron chi connectivity index (χ3n) is 5.67. The van der Waals surface area contributed by atoms with Crippen molar-refractivity contribution >= 4 is 5.97 Å². The maximum atomic E-state index is 13.2. The largest absolute Gasteiger partial charge is 0.452 e. The zero-order valence-corrected chi connectivity index (χ0v) is 19.1. The van der Waals surface area contributed by atoms with Gasteiger partial charge in [0.05, 0.1) is 13.2 Å². The van der Waals surface area contributed by atoms with Crippen LogP contribution in [0.1, 0.15) is 39.7 Å². The molecule has 0 amide bonds. The first kappa shape index (κ1) is 23.4. The Hall–Kier alpha value is -1.81. The van der Waals surface area contributed by atoms with Crippen molar-refractivity contribution in [3.8, 4) is 0 Å². The molecule has 8 heteroatoms. The number of rotatable bonds is 7. The third kappa shape index (κ3) is 4.90. The lowest BCUT2D eigenvalue weighted by molar-refractivity contribution is -0.329. The quantitative estimate of drug-likeness (QED) is 0.465. The van der Waals surface area contributed by atoms with Gasteiger partial charge in [-0.25, -0.2) is 4.79 Å². The van der Waals surface area contributed by atoms with Crippen LogP contribution in [-0.4, -0.2) is 61.0 Å². The SMILES string of the molecule is C=CC[C@@H](OCc1ccccc1)C(=O)O[C@H]1[C@@H]2OC(C)(C)O[C@@H]2CO[C@]12COC(C)(C)O2. The molecule has 1 aromatic rings. The van der Waals surface area contributed by atoms with Crippen LogP contribution in [-0.2, 0) is 44.6 Å². The van der Waals surface area contributed by atoms with Gasteiger partial charge in [-0.2, -0.15) is 0 Å². The van der Waals surface area contributed by atoms with Crippen molar-refractivity contribution in [2.45, 2.75) is 82.5 Å². The van der Waals surface area contributed by atoms with Crippen LogP contribution in [0.15, 0.2) is 43.0 Å². The van der Waals surface area contributed by atoms with Gasteiger partial charge in [0.1, 0.15) is 18.8 Å². The fourth-order valence-electron chi connectivity index (χ4n) is 4.28. The van der Waals surface area contributed by atoms with Crippen LogP contribution in [0.4, 0.5) is 0 Å². The maximum Gasteiger partial charge on any atom is 0.336 e. The summed E-state index contributed by atoms with van der Waals surface area (Å²) in [6.45, 7) is 11.6. The summed E-state index contributed by atoms with van der Waals surface area (Å²) in [6.07, 6.45) is -0.779. The van der Waals surface area contributed by atoms with Gasteiger partial charge >= 0.3 is 5.97 Å². The first-order valence-electron chi connectivity index (χ1n) is 10.9. The van der Waals surface area contributed by atoms with Gasteiger partial charge in [-0.15, -0.1) is 6.58 Å². The number of hydrogen-bond donors (Lipinski definition) is 0. The highest BCUT2D eigenvalue weighted by atomic mass is 16.9. The standard InChI is InChI=1S/C24H32O8/c1-6-10-17(26-13-16-11-8-7-9-12-16)21(25)29-20-19-18(30-23(4,5)31-19)14-27-24(20)15-28-22(2,3)32-24/h6-9,11-12,17-20H,1,10,13-15H2,2-5H3/t17-,18-,19-,20+,24+/m1/s1. The molecule has 3 aliphatic heterocycles. The summed E-state index contributed by atoms with van der Waals surface area (Å²) in [7, 11) is 0. The van der Waals surface area contributed by atoms with E-state index >= 15 is 0 Å². The van der Waals surface area contributed by atoms with Gasteiger partial charge in [-0.3, -0.25) is 0 Å². The molecule has 3 saturated heterocycles. The molecular formula is C24H32O8. The van der Waals surface area contributed by atoms with Crippen LogP contribution < -0.4 is 0 Å². The third-order valence-corrected chi connectivity index (χ3v) is 5.67.